The standard InChI is InChI=1S/C14H17F2NO2/c1-8(2)11-5-10(19-14(15)16)6-12(9(3)4)13(11)17-7-18/h5-6,8-9,14H,1-4H3. The van der Waals surface area contributed by atoms with Gasteiger partial charge in [0.25, 0.3) is 0 Å². The predicted octanol–water partition coefficient (Wildman–Crippen LogP) is 4.50. The molecule has 0 amide bonds. The number of hydrogen-bond acceptors (Lipinski definition) is 3. The number of nitrogens with zero attached hydrogens (tertiary/aromatic N) is 1. The zero-order valence-electron chi connectivity index (χ0n) is 11.4. The van der Waals surface area contributed by atoms with Crippen molar-refractivity contribution < 1.29 is 18.3 Å². The van der Waals surface area contributed by atoms with Crippen LogP contribution in [0.5, 0.6) is 5.75 Å². The smallest absolute Gasteiger partial charge is 0.387 e. The molecule has 1 aromatic rings. The van der Waals surface area contributed by atoms with Crippen LogP contribution in [0.3, 0.4) is 0 Å². The van der Waals surface area contributed by atoms with Gasteiger partial charge >= 0.3 is 6.61 Å². The van der Waals surface area contributed by atoms with Crippen molar-refractivity contribution in [3.8, 4) is 5.75 Å². The predicted molar refractivity (Wildman–Crippen MR) is 69.0 cm³/mol. The average molecular weight is 269 g/mol. The summed E-state index contributed by atoms with van der Waals surface area (Å²) in [5.41, 5.74) is 1.90. The molecule has 1 aromatic carbocycles. The first kappa shape index (κ1) is 15.3. The van der Waals surface area contributed by atoms with Gasteiger partial charge in [0.2, 0.25) is 6.08 Å². The molecule has 0 atom stereocenters. The van der Waals surface area contributed by atoms with E-state index in [4.69, 9.17) is 0 Å². The van der Waals surface area contributed by atoms with Crippen LogP contribution in [-0.2, 0) is 4.79 Å². The summed E-state index contributed by atoms with van der Waals surface area (Å²) in [6, 6.07) is 3.00. The highest BCUT2D eigenvalue weighted by atomic mass is 19.3. The van der Waals surface area contributed by atoms with Gasteiger partial charge in [-0.15, -0.1) is 0 Å². The van der Waals surface area contributed by atoms with Gasteiger partial charge < -0.3 is 4.74 Å². The molecule has 1 rings (SSSR count). The van der Waals surface area contributed by atoms with Gasteiger partial charge in [-0.1, -0.05) is 27.7 Å². The Morgan fingerprint density at radius 2 is 1.58 bits per heavy atom. The third-order valence-electron chi connectivity index (χ3n) is 2.77. The van der Waals surface area contributed by atoms with Crippen molar-refractivity contribution >= 4 is 11.8 Å². The molecule has 0 aliphatic heterocycles. The van der Waals surface area contributed by atoms with Gasteiger partial charge in [0.05, 0.1) is 5.69 Å². The highest BCUT2D eigenvalue weighted by Crippen LogP contribution is 2.38. The maximum atomic E-state index is 12.3. The highest BCUT2D eigenvalue weighted by molar-refractivity contribution is 5.63. The van der Waals surface area contributed by atoms with Crippen LogP contribution in [0.25, 0.3) is 0 Å². The van der Waals surface area contributed by atoms with Crippen LogP contribution in [0.2, 0.25) is 0 Å². The van der Waals surface area contributed by atoms with E-state index in [0.717, 1.165) is 0 Å². The van der Waals surface area contributed by atoms with E-state index in [-0.39, 0.29) is 17.6 Å². The van der Waals surface area contributed by atoms with Gasteiger partial charge in [-0.2, -0.15) is 13.8 Å². The molecule has 0 aliphatic carbocycles. The molecule has 104 valence electrons. The van der Waals surface area contributed by atoms with Gasteiger partial charge in [-0.25, -0.2) is 4.79 Å². The second-order valence-corrected chi connectivity index (χ2v) is 4.84. The van der Waals surface area contributed by atoms with Crippen LogP contribution in [0.1, 0.15) is 50.7 Å². The number of ether oxygens (including phenoxy) is 1. The molecule has 0 saturated heterocycles. The Morgan fingerprint density at radius 3 is 1.89 bits per heavy atom. The van der Waals surface area contributed by atoms with Gasteiger partial charge in [0.1, 0.15) is 5.75 Å². The first-order valence-corrected chi connectivity index (χ1v) is 6.07. The molecule has 0 N–H and O–H groups in total. The molecule has 0 heterocycles. The number of rotatable bonds is 5. The minimum atomic E-state index is -2.87. The zero-order valence-corrected chi connectivity index (χ0v) is 11.4. The lowest BCUT2D eigenvalue weighted by Gasteiger charge is -2.18. The number of halogens is 2. The fourth-order valence-electron chi connectivity index (χ4n) is 1.88. The van der Waals surface area contributed by atoms with Crippen LogP contribution in [0, 0.1) is 0 Å². The summed E-state index contributed by atoms with van der Waals surface area (Å²) >= 11 is 0. The summed E-state index contributed by atoms with van der Waals surface area (Å²) in [6.07, 6.45) is 1.52. The van der Waals surface area contributed by atoms with E-state index in [1.807, 2.05) is 27.7 Å². The Bertz CT molecular complexity index is 463. The lowest BCUT2D eigenvalue weighted by atomic mass is 9.92. The Kier molecular flexibility index (Phi) is 5.19. The Morgan fingerprint density at radius 1 is 1.11 bits per heavy atom. The van der Waals surface area contributed by atoms with Gasteiger partial charge in [-0.3, -0.25) is 0 Å². The first-order valence-electron chi connectivity index (χ1n) is 6.07. The van der Waals surface area contributed by atoms with Gasteiger partial charge in [-0.05, 0) is 35.1 Å². The van der Waals surface area contributed by atoms with Crippen molar-refractivity contribution in [2.75, 3.05) is 0 Å². The molecular formula is C14H17F2NO2. The molecule has 0 bridgehead atoms. The van der Waals surface area contributed by atoms with Crippen molar-refractivity contribution in [3.05, 3.63) is 23.3 Å². The Hall–Kier alpha value is -1.74. The summed E-state index contributed by atoms with van der Waals surface area (Å²) in [6.45, 7) is 4.72. The van der Waals surface area contributed by atoms with Crippen molar-refractivity contribution in [2.45, 2.75) is 46.1 Å². The van der Waals surface area contributed by atoms with Crippen LogP contribution in [-0.4, -0.2) is 12.7 Å². The SMILES string of the molecule is CC(C)c1cc(OC(F)F)cc(C(C)C)c1N=C=O. The number of carbonyl (C=O) groups excluding carboxylic acids is 1. The molecular weight excluding hydrogens is 252 g/mol. The summed E-state index contributed by atoms with van der Waals surface area (Å²) < 4.78 is 29.1. The molecule has 0 spiro atoms. The van der Waals surface area contributed by atoms with Gasteiger partial charge in [0, 0.05) is 0 Å². The number of hydrogen-bond donors (Lipinski definition) is 0. The number of alkyl halides is 2. The Balaban J connectivity index is 3.47. The summed E-state index contributed by atoms with van der Waals surface area (Å²) in [5, 5.41) is 0. The van der Waals surface area contributed by atoms with Crippen molar-refractivity contribution in [2.24, 2.45) is 4.99 Å². The summed E-state index contributed by atoms with van der Waals surface area (Å²) in [4.78, 5) is 14.3. The van der Waals surface area contributed by atoms with E-state index in [1.165, 1.54) is 18.2 Å². The molecule has 0 aliphatic rings. The maximum Gasteiger partial charge on any atom is 0.387 e. The Labute approximate surface area is 111 Å². The number of benzene rings is 1. The van der Waals surface area contributed by atoms with E-state index in [1.54, 1.807) is 0 Å². The third-order valence-corrected chi connectivity index (χ3v) is 2.77. The quantitative estimate of drug-likeness (QED) is 0.583. The minimum absolute atomic E-state index is 0.0332. The van der Waals surface area contributed by atoms with E-state index in [9.17, 15) is 13.6 Å². The maximum absolute atomic E-state index is 12.3. The number of aliphatic imine (C=N–C) groups is 1. The van der Waals surface area contributed by atoms with Gasteiger partial charge in [0.15, 0.2) is 0 Å². The van der Waals surface area contributed by atoms with Crippen molar-refractivity contribution in [3.63, 3.8) is 0 Å². The molecule has 0 radical (unpaired) electrons. The van der Waals surface area contributed by atoms with Crippen LogP contribution >= 0.6 is 0 Å². The molecule has 0 aromatic heterocycles. The highest BCUT2D eigenvalue weighted by Gasteiger charge is 2.17. The zero-order chi connectivity index (χ0) is 14.6. The van der Waals surface area contributed by atoms with Crippen molar-refractivity contribution in [1.82, 2.24) is 0 Å². The fourth-order valence-corrected chi connectivity index (χ4v) is 1.88. The fraction of sp³-hybridized carbons (Fsp3) is 0.500. The van der Waals surface area contributed by atoms with Crippen LogP contribution in [0.4, 0.5) is 14.5 Å². The van der Waals surface area contributed by atoms with E-state index >= 15 is 0 Å². The lowest BCUT2D eigenvalue weighted by Crippen LogP contribution is -2.04. The molecule has 0 saturated carbocycles. The number of isocyanates is 1. The molecule has 0 fully saturated rings. The largest absolute Gasteiger partial charge is 0.435 e. The molecule has 5 heteroatoms. The third kappa shape index (κ3) is 3.86. The van der Waals surface area contributed by atoms with Crippen LogP contribution in [0.15, 0.2) is 17.1 Å². The van der Waals surface area contributed by atoms with Crippen LogP contribution < -0.4 is 4.74 Å². The summed E-state index contributed by atoms with van der Waals surface area (Å²) in [5.74, 6) is 0.156. The summed E-state index contributed by atoms with van der Waals surface area (Å²) in [7, 11) is 0. The lowest BCUT2D eigenvalue weighted by molar-refractivity contribution is -0.0499. The second kappa shape index (κ2) is 6.43. The normalized spacial score (nSPS) is 11.0. The molecule has 19 heavy (non-hydrogen) atoms. The second-order valence-electron chi connectivity index (χ2n) is 4.84. The topological polar surface area (TPSA) is 38.7 Å². The molecule has 0 unspecified atom stereocenters. The monoisotopic (exact) mass is 269 g/mol. The molecule has 3 nitrogen and oxygen atoms in total. The first-order chi connectivity index (χ1) is 8.86. The van der Waals surface area contributed by atoms with E-state index in [2.05, 4.69) is 9.73 Å². The van der Waals surface area contributed by atoms with E-state index in [0.29, 0.717) is 16.8 Å². The minimum Gasteiger partial charge on any atom is -0.435 e. The van der Waals surface area contributed by atoms with Crippen molar-refractivity contribution in [1.29, 1.82) is 0 Å². The average Bonchev–Trinajstić information content (AvgIpc) is 2.29. The van der Waals surface area contributed by atoms with E-state index < -0.39 is 6.61 Å².